The fourth-order valence-electron chi connectivity index (χ4n) is 2.80. The molecule has 0 saturated carbocycles. The molecule has 0 aromatic heterocycles. The van der Waals surface area contributed by atoms with Gasteiger partial charge in [0.25, 0.3) is 0 Å². The molecule has 1 atom stereocenters. The first-order chi connectivity index (χ1) is 8.74. The Balaban J connectivity index is 2.17. The van der Waals surface area contributed by atoms with Crippen LogP contribution in [0, 0.1) is 0 Å². The smallest absolute Gasteiger partial charge is 0.0357 e. The van der Waals surface area contributed by atoms with Crippen LogP contribution in [0.15, 0.2) is 30.4 Å². The first kappa shape index (κ1) is 13.4. The minimum absolute atomic E-state index is 0.438. The second-order valence-electron chi connectivity index (χ2n) is 5.30. The van der Waals surface area contributed by atoms with Crippen molar-refractivity contribution in [1.29, 1.82) is 0 Å². The van der Waals surface area contributed by atoms with E-state index >= 15 is 0 Å². The van der Waals surface area contributed by atoms with E-state index in [9.17, 15) is 0 Å². The van der Waals surface area contributed by atoms with Crippen LogP contribution in [0.4, 0.5) is 0 Å². The predicted molar refractivity (Wildman–Crippen MR) is 78.9 cm³/mol. The molecule has 1 aliphatic carbocycles. The average Bonchev–Trinajstić information content (AvgIpc) is 2.85. The molecule has 1 aliphatic rings. The molecule has 1 aromatic carbocycles. The Morgan fingerprint density at radius 1 is 1.28 bits per heavy atom. The van der Waals surface area contributed by atoms with Crippen LogP contribution in [0.2, 0.25) is 0 Å². The maximum absolute atomic E-state index is 4.15. The summed E-state index contributed by atoms with van der Waals surface area (Å²) in [6.07, 6.45) is 5.99. The number of nitrogens with one attached hydrogen (secondary N) is 1. The third-order valence-electron chi connectivity index (χ3n) is 3.97. The fourth-order valence-corrected chi connectivity index (χ4v) is 2.80. The summed E-state index contributed by atoms with van der Waals surface area (Å²) < 4.78 is 0. The lowest BCUT2D eigenvalue weighted by atomic mass is 9.95. The summed E-state index contributed by atoms with van der Waals surface area (Å²) in [6.45, 7) is 9.53. The Labute approximate surface area is 111 Å². The van der Waals surface area contributed by atoms with Gasteiger partial charge in [-0.15, -0.1) is 0 Å². The predicted octanol–water partition coefficient (Wildman–Crippen LogP) is 4.18. The lowest BCUT2D eigenvalue weighted by Gasteiger charge is -2.20. The number of aryl methyl sites for hydroxylation is 2. The van der Waals surface area contributed by atoms with Crippen LogP contribution in [-0.2, 0) is 12.8 Å². The maximum Gasteiger partial charge on any atom is 0.0357 e. The Morgan fingerprint density at radius 3 is 2.78 bits per heavy atom. The Kier molecular flexibility index (Phi) is 4.60. The first-order valence-electron chi connectivity index (χ1n) is 7.26. The number of benzene rings is 1. The van der Waals surface area contributed by atoms with E-state index in [0.717, 1.165) is 19.4 Å². The van der Waals surface area contributed by atoms with Crippen molar-refractivity contribution in [2.75, 3.05) is 6.54 Å². The van der Waals surface area contributed by atoms with E-state index in [1.165, 1.54) is 30.4 Å². The van der Waals surface area contributed by atoms with Gasteiger partial charge in [-0.1, -0.05) is 44.2 Å². The molecule has 0 radical (unpaired) electrons. The second-order valence-corrected chi connectivity index (χ2v) is 5.30. The van der Waals surface area contributed by atoms with Crippen molar-refractivity contribution in [3.8, 4) is 0 Å². The monoisotopic (exact) mass is 243 g/mol. The van der Waals surface area contributed by atoms with Crippen molar-refractivity contribution in [3.05, 3.63) is 47.0 Å². The van der Waals surface area contributed by atoms with E-state index < -0.39 is 0 Å². The number of rotatable bonds is 6. The zero-order valence-corrected chi connectivity index (χ0v) is 11.8. The Hall–Kier alpha value is -1.08. The molecule has 18 heavy (non-hydrogen) atoms. The van der Waals surface area contributed by atoms with Crippen molar-refractivity contribution < 1.29 is 0 Å². The van der Waals surface area contributed by atoms with Gasteiger partial charge >= 0.3 is 0 Å². The number of fused-ring (bicyclic) bond motifs is 1. The van der Waals surface area contributed by atoms with E-state index in [2.05, 4.69) is 43.9 Å². The van der Waals surface area contributed by atoms with Crippen LogP contribution >= 0.6 is 0 Å². The standard InChI is InChI=1S/C17H25N/c1-4-13(3)11-17(18-5-2)16-10-9-14-7-6-8-15(14)12-16/h9-10,12,17-18H,3-8,11H2,1-2H3. The minimum Gasteiger partial charge on any atom is -0.310 e. The van der Waals surface area contributed by atoms with Crippen LogP contribution in [0.5, 0.6) is 0 Å². The molecule has 0 spiro atoms. The third-order valence-corrected chi connectivity index (χ3v) is 3.97. The zero-order chi connectivity index (χ0) is 13.0. The summed E-state index contributed by atoms with van der Waals surface area (Å²) in [6, 6.07) is 7.49. The van der Waals surface area contributed by atoms with Crippen LogP contribution in [0.25, 0.3) is 0 Å². The van der Waals surface area contributed by atoms with Gasteiger partial charge in [0.2, 0.25) is 0 Å². The topological polar surface area (TPSA) is 12.0 Å². The molecule has 2 rings (SSSR count). The first-order valence-corrected chi connectivity index (χ1v) is 7.26. The van der Waals surface area contributed by atoms with Gasteiger partial charge in [-0.2, -0.15) is 0 Å². The van der Waals surface area contributed by atoms with E-state index in [1.54, 1.807) is 11.1 Å². The van der Waals surface area contributed by atoms with Gasteiger partial charge in [0.15, 0.2) is 0 Å². The molecule has 1 unspecified atom stereocenters. The van der Waals surface area contributed by atoms with Crippen LogP contribution in [0.1, 0.15) is 55.8 Å². The number of hydrogen-bond acceptors (Lipinski definition) is 1. The maximum atomic E-state index is 4.15. The fraction of sp³-hybridized carbons (Fsp3) is 0.529. The van der Waals surface area contributed by atoms with Gasteiger partial charge in [-0.05, 0) is 55.3 Å². The van der Waals surface area contributed by atoms with Gasteiger partial charge in [0.1, 0.15) is 0 Å². The molecule has 0 heterocycles. The lowest BCUT2D eigenvalue weighted by Crippen LogP contribution is -2.21. The van der Waals surface area contributed by atoms with Gasteiger partial charge in [-0.25, -0.2) is 0 Å². The molecular formula is C17H25N. The molecule has 0 saturated heterocycles. The van der Waals surface area contributed by atoms with E-state index in [-0.39, 0.29) is 0 Å². The van der Waals surface area contributed by atoms with Crippen molar-refractivity contribution in [1.82, 2.24) is 5.32 Å². The Bertz CT molecular complexity index is 420. The number of hydrogen-bond donors (Lipinski definition) is 1. The van der Waals surface area contributed by atoms with Crippen molar-refractivity contribution in [2.24, 2.45) is 0 Å². The highest BCUT2D eigenvalue weighted by Crippen LogP contribution is 2.28. The molecule has 1 aromatic rings. The van der Waals surface area contributed by atoms with Crippen molar-refractivity contribution in [2.45, 2.75) is 52.0 Å². The molecule has 0 bridgehead atoms. The molecule has 0 fully saturated rings. The average molecular weight is 243 g/mol. The second kappa shape index (κ2) is 6.19. The summed E-state index contributed by atoms with van der Waals surface area (Å²) in [5.74, 6) is 0. The highest BCUT2D eigenvalue weighted by Gasteiger charge is 2.15. The molecule has 1 heteroatoms. The highest BCUT2D eigenvalue weighted by molar-refractivity contribution is 5.37. The van der Waals surface area contributed by atoms with Gasteiger partial charge in [0, 0.05) is 6.04 Å². The molecular weight excluding hydrogens is 218 g/mol. The SMILES string of the molecule is C=C(CC)CC(NCC)c1ccc2c(c1)CCC2. The normalized spacial score (nSPS) is 15.4. The van der Waals surface area contributed by atoms with Gasteiger partial charge in [-0.3, -0.25) is 0 Å². The third kappa shape index (κ3) is 3.02. The van der Waals surface area contributed by atoms with Crippen molar-refractivity contribution >= 4 is 0 Å². The molecule has 0 amide bonds. The summed E-state index contributed by atoms with van der Waals surface area (Å²) >= 11 is 0. The van der Waals surface area contributed by atoms with Gasteiger partial charge in [0.05, 0.1) is 0 Å². The molecule has 98 valence electrons. The van der Waals surface area contributed by atoms with E-state index in [0.29, 0.717) is 6.04 Å². The van der Waals surface area contributed by atoms with Crippen LogP contribution in [-0.4, -0.2) is 6.54 Å². The summed E-state index contributed by atoms with van der Waals surface area (Å²) in [5.41, 5.74) is 5.90. The highest BCUT2D eigenvalue weighted by atomic mass is 14.9. The molecule has 1 nitrogen and oxygen atoms in total. The molecule has 0 aliphatic heterocycles. The van der Waals surface area contributed by atoms with E-state index in [4.69, 9.17) is 0 Å². The lowest BCUT2D eigenvalue weighted by molar-refractivity contribution is 0.542. The van der Waals surface area contributed by atoms with Crippen LogP contribution in [0.3, 0.4) is 0 Å². The van der Waals surface area contributed by atoms with Crippen LogP contribution < -0.4 is 5.32 Å². The summed E-state index contributed by atoms with van der Waals surface area (Å²) in [5, 5.41) is 3.59. The van der Waals surface area contributed by atoms with Crippen molar-refractivity contribution in [3.63, 3.8) is 0 Å². The largest absolute Gasteiger partial charge is 0.310 e. The summed E-state index contributed by atoms with van der Waals surface area (Å²) in [4.78, 5) is 0. The van der Waals surface area contributed by atoms with E-state index in [1.807, 2.05) is 0 Å². The molecule has 1 N–H and O–H groups in total. The Morgan fingerprint density at radius 2 is 2.06 bits per heavy atom. The van der Waals surface area contributed by atoms with Gasteiger partial charge < -0.3 is 5.32 Å². The minimum atomic E-state index is 0.438. The quantitative estimate of drug-likeness (QED) is 0.739. The summed E-state index contributed by atoms with van der Waals surface area (Å²) in [7, 11) is 0. The zero-order valence-electron chi connectivity index (χ0n) is 11.8.